The average molecular weight is 399 g/mol. The molecule has 8 nitrogen and oxygen atoms in total. The van der Waals surface area contributed by atoms with Crippen LogP contribution in [0.15, 0.2) is 54.0 Å². The number of amides is 1. The third-order valence-corrected chi connectivity index (χ3v) is 5.15. The van der Waals surface area contributed by atoms with Crippen LogP contribution in [0, 0.1) is 18.3 Å². The molecular formula is C22H21N7O. The Bertz CT molecular complexity index is 1170. The van der Waals surface area contributed by atoms with Gasteiger partial charge < -0.3 is 0 Å². The zero-order valence-corrected chi connectivity index (χ0v) is 16.7. The Kier molecular flexibility index (Phi) is 5.35. The van der Waals surface area contributed by atoms with Gasteiger partial charge in [-0.2, -0.15) is 15.5 Å². The predicted molar refractivity (Wildman–Crippen MR) is 112 cm³/mol. The summed E-state index contributed by atoms with van der Waals surface area (Å²) in [6, 6.07) is 7.44. The third-order valence-electron chi connectivity index (χ3n) is 5.15. The molecule has 1 aliphatic rings. The summed E-state index contributed by atoms with van der Waals surface area (Å²) in [5, 5.41) is 20.1. The van der Waals surface area contributed by atoms with Crippen molar-refractivity contribution in [1.29, 1.82) is 5.26 Å². The molecule has 0 bridgehead atoms. The average Bonchev–Trinajstić information content (AvgIpc) is 3.40. The molecule has 1 unspecified atom stereocenters. The molecule has 0 N–H and O–H groups in total. The second-order valence-electron chi connectivity index (χ2n) is 7.22. The van der Waals surface area contributed by atoms with Crippen LogP contribution in [-0.2, 0) is 11.3 Å². The van der Waals surface area contributed by atoms with Gasteiger partial charge in [-0.15, -0.1) is 0 Å². The molecule has 0 spiro atoms. The molecule has 1 aliphatic heterocycles. The summed E-state index contributed by atoms with van der Waals surface area (Å²) in [4.78, 5) is 21.3. The maximum Gasteiger partial charge on any atom is 0.269 e. The topological polar surface area (TPSA) is 100 Å². The quantitative estimate of drug-likeness (QED) is 0.592. The lowest BCUT2D eigenvalue weighted by atomic mass is 10.1. The minimum atomic E-state index is -0.195. The number of carbonyl (C=O) groups is 1. The Labute approximate surface area is 174 Å². The number of hydrazone groups is 1. The lowest BCUT2D eigenvalue weighted by molar-refractivity contribution is -0.129. The lowest BCUT2D eigenvalue weighted by Gasteiger charge is -2.22. The highest BCUT2D eigenvalue weighted by Crippen LogP contribution is 2.29. The van der Waals surface area contributed by atoms with Gasteiger partial charge in [0.05, 0.1) is 29.4 Å². The third kappa shape index (κ3) is 3.82. The number of benzene rings is 1. The molecule has 0 saturated heterocycles. The first-order valence-electron chi connectivity index (χ1n) is 9.75. The van der Waals surface area contributed by atoms with Gasteiger partial charge in [-0.05, 0) is 38.0 Å². The first-order chi connectivity index (χ1) is 14.6. The number of aromatic nitrogens is 4. The molecule has 2 aromatic heterocycles. The zero-order chi connectivity index (χ0) is 21.1. The van der Waals surface area contributed by atoms with Gasteiger partial charge in [0.1, 0.15) is 5.82 Å². The fraction of sp³-hybridized carbons (Fsp3) is 0.273. The van der Waals surface area contributed by atoms with Gasteiger partial charge in [-0.1, -0.05) is 6.58 Å². The molecule has 3 heterocycles. The van der Waals surface area contributed by atoms with Crippen molar-refractivity contribution in [3.63, 3.8) is 0 Å². The van der Waals surface area contributed by atoms with E-state index in [0.717, 1.165) is 22.9 Å². The Morgan fingerprint density at radius 1 is 1.30 bits per heavy atom. The number of nitrogens with zero attached hydrogens (tertiary/aromatic N) is 7. The first-order valence-corrected chi connectivity index (χ1v) is 9.75. The van der Waals surface area contributed by atoms with Gasteiger partial charge in [-0.3, -0.25) is 9.48 Å². The summed E-state index contributed by atoms with van der Waals surface area (Å²) < 4.78 is 1.88. The predicted octanol–water partition coefficient (Wildman–Crippen LogP) is 3.30. The number of fused-ring (bicyclic) bond motifs is 1. The van der Waals surface area contributed by atoms with Crippen LogP contribution in [0.1, 0.15) is 42.3 Å². The summed E-state index contributed by atoms with van der Waals surface area (Å²) in [5.41, 5.74) is 2.95. The molecule has 4 rings (SSSR count). The van der Waals surface area contributed by atoms with Crippen molar-refractivity contribution < 1.29 is 4.79 Å². The monoisotopic (exact) mass is 399 g/mol. The standard InChI is InChI=1S/C22H21N7O/c1-15(4-3-9-28-20-6-5-17(11-23)10-18(20)14-27-28)22(30)29-21(7-8-26-29)19-12-24-16(2)25-13-19/h5-6,8,10,12-14,21H,1,3-4,7,9H2,2H3. The number of rotatable bonds is 6. The van der Waals surface area contributed by atoms with E-state index in [1.165, 1.54) is 5.01 Å². The molecule has 30 heavy (non-hydrogen) atoms. The summed E-state index contributed by atoms with van der Waals surface area (Å²) in [5.74, 6) is 0.508. The van der Waals surface area contributed by atoms with Crippen LogP contribution >= 0.6 is 0 Å². The fourth-order valence-electron chi connectivity index (χ4n) is 3.51. The minimum Gasteiger partial charge on any atom is -0.268 e. The molecule has 0 saturated carbocycles. The van der Waals surface area contributed by atoms with Gasteiger partial charge in [0, 0.05) is 48.1 Å². The number of hydrogen-bond acceptors (Lipinski definition) is 6. The Morgan fingerprint density at radius 2 is 2.10 bits per heavy atom. The first kappa shape index (κ1) is 19.5. The van der Waals surface area contributed by atoms with E-state index < -0.39 is 0 Å². The summed E-state index contributed by atoms with van der Waals surface area (Å²) in [6.45, 7) is 6.46. The molecule has 1 atom stereocenters. The van der Waals surface area contributed by atoms with E-state index in [1.807, 2.05) is 23.7 Å². The maximum absolute atomic E-state index is 12.9. The SMILES string of the molecule is C=C(CCCn1ncc2cc(C#N)ccc21)C(=O)N1N=CCC1c1cnc(C)nc1. The second-order valence-corrected chi connectivity index (χ2v) is 7.22. The number of nitriles is 1. The van der Waals surface area contributed by atoms with Crippen LogP contribution < -0.4 is 0 Å². The lowest BCUT2D eigenvalue weighted by Crippen LogP contribution is -2.28. The smallest absolute Gasteiger partial charge is 0.268 e. The van der Waals surface area contributed by atoms with E-state index in [1.54, 1.807) is 30.9 Å². The molecule has 1 aromatic carbocycles. The van der Waals surface area contributed by atoms with Crippen LogP contribution in [0.4, 0.5) is 0 Å². The maximum atomic E-state index is 12.9. The summed E-state index contributed by atoms with van der Waals surface area (Å²) in [6.07, 6.45) is 8.87. The van der Waals surface area contributed by atoms with Crippen LogP contribution in [0.3, 0.4) is 0 Å². The van der Waals surface area contributed by atoms with Gasteiger partial charge in [0.15, 0.2) is 0 Å². The van der Waals surface area contributed by atoms with Gasteiger partial charge in [-0.25, -0.2) is 15.0 Å². The van der Waals surface area contributed by atoms with Gasteiger partial charge >= 0.3 is 0 Å². The van der Waals surface area contributed by atoms with Crippen LogP contribution in [0.5, 0.6) is 0 Å². The minimum absolute atomic E-state index is 0.182. The highest BCUT2D eigenvalue weighted by atomic mass is 16.2. The van der Waals surface area contributed by atoms with Crippen molar-refractivity contribution in [3.05, 3.63) is 65.9 Å². The summed E-state index contributed by atoms with van der Waals surface area (Å²) in [7, 11) is 0. The van der Waals surface area contributed by atoms with E-state index in [-0.39, 0.29) is 11.9 Å². The van der Waals surface area contributed by atoms with Crippen molar-refractivity contribution in [3.8, 4) is 6.07 Å². The van der Waals surface area contributed by atoms with Gasteiger partial charge in [0.2, 0.25) is 0 Å². The fourth-order valence-corrected chi connectivity index (χ4v) is 3.51. The number of hydrogen-bond donors (Lipinski definition) is 0. The van der Waals surface area contributed by atoms with Crippen LogP contribution in [-0.4, -0.2) is 36.9 Å². The molecule has 150 valence electrons. The highest BCUT2D eigenvalue weighted by molar-refractivity contribution is 5.94. The van der Waals surface area contributed by atoms with Crippen molar-refractivity contribution >= 4 is 23.0 Å². The number of aryl methyl sites for hydroxylation is 2. The van der Waals surface area contributed by atoms with E-state index in [0.29, 0.717) is 36.3 Å². The van der Waals surface area contributed by atoms with Gasteiger partial charge in [0.25, 0.3) is 5.91 Å². The second kappa shape index (κ2) is 8.25. The highest BCUT2D eigenvalue weighted by Gasteiger charge is 2.29. The molecule has 0 fully saturated rings. The van der Waals surface area contributed by atoms with Crippen molar-refractivity contribution in [1.82, 2.24) is 24.8 Å². The van der Waals surface area contributed by atoms with Crippen molar-refractivity contribution in [2.45, 2.75) is 38.8 Å². The Balaban J connectivity index is 1.37. The van der Waals surface area contributed by atoms with Crippen molar-refractivity contribution in [2.75, 3.05) is 0 Å². The summed E-state index contributed by atoms with van der Waals surface area (Å²) >= 11 is 0. The molecule has 1 amide bonds. The zero-order valence-electron chi connectivity index (χ0n) is 16.7. The van der Waals surface area contributed by atoms with E-state index in [4.69, 9.17) is 5.26 Å². The van der Waals surface area contributed by atoms with Crippen molar-refractivity contribution in [2.24, 2.45) is 5.10 Å². The molecular weight excluding hydrogens is 378 g/mol. The van der Waals surface area contributed by atoms with E-state index in [2.05, 4.69) is 32.8 Å². The molecule has 3 aromatic rings. The normalized spacial score (nSPS) is 15.5. The molecule has 0 aliphatic carbocycles. The van der Waals surface area contributed by atoms with E-state index >= 15 is 0 Å². The number of carbonyl (C=O) groups excluding carboxylic acids is 1. The van der Waals surface area contributed by atoms with Crippen LogP contribution in [0.25, 0.3) is 10.9 Å². The van der Waals surface area contributed by atoms with Crippen LogP contribution in [0.2, 0.25) is 0 Å². The van der Waals surface area contributed by atoms with E-state index in [9.17, 15) is 4.79 Å². The molecule has 0 radical (unpaired) electrons. The Morgan fingerprint density at radius 3 is 2.87 bits per heavy atom. The Hall–Kier alpha value is -3.86. The largest absolute Gasteiger partial charge is 0.269 e. The molecule has 8 heteroatoms.